The van der Waals surface area contributed by atoms with Gasteiger partial charge in [-0.1, -0.05) is 26.3 Å². The van der Waals surface area contributed by atoms with E-state index in [0.29, 0.717) is 17.4 Å². The Balaban J connectivity index is 1.86. The highest BCUT2D eigenvalue weighted by Crippen LogP contribution is 2.38. The number of methoxy groups -OCH3 is 2. The Morgan fingerprint density at radius 2 is 1.86 bits per heavy atom. The average Bonchev–Trinajstić information content (AvgIpc) is 3.28. The molecule has 0 fully saturated rings. The van der Waals surface area contributed by atoms with E-state index in [0.717, 1.165) is 66.4 Å². The molecule has 2 aromatic heterocycles. The van der Waals surface area contributed by atoms with Crippen LogP contribution in [0.4, 0.5) is 0 Å². The fourth-order valence-corrected chi connectivity index (χ4v) is 5.91. The Morgan fingerprint density at radius 3 is 2.49 bits per heavy atom. The number of benzene rings is 1. The number of fused-ring (bicyclic) bond motifs is 1. The summed E-state index contributed by atoms with van der Waals surface area (Å²) in [5.41, 5.74) is 2.03. The topological polar surface area (TPSA) is 60.8 Å². The van der Waals surface area contributed by atoms with Crippen LogP contribution in [0, 0.1) is 5.92 Å². The van der Waals surface area contributed by atoms with E-state index >= 15 is 0 Å². The number of pyridine rings is 1. The molecule has 6 nitrogen and oxygen atoms in total. The van der Waals surface area contributed by atoms with Crippen LogP contribution in [0.3, 0.4) is 0 Å². The first-order valence-corrected chi connectivity index (χ1v) is 13.2. The van der Waals surface area contributed by atoms with Crippen LogP contribution in [0.2, 0.25) is 0 Å². The molecule has 3 aromatic rings. The zero-order valence-electron chi connectivity index (χ0n) is 21.8. The molecule has 2 heterocycles. The molecule has 0 radical (unpaired) electrons. The quantitative estimate of drug-likeness (QED) is 0.312. The lowest BCUT2D eigenvalue weighted by molar-refractivity contribution is -0.129. The zero-order chi connectivity index (χ0) is 25.5. The van der Waals surface area contributed by atoms with E-state index in [1.807, 2.05) is 29.3 Å². The second-order valence-corrected chi connectivity index (χ2v) is 10.2. The largest absolute Gasteiger partial charge is 0.493 e. The molecule has 190 valence electrons. The van der Waals surface area contributed by atoms with Gasteiger partial charge in [0.15, 0.2) is 11.5 Å². The van der Waals surface area contributed by atoms with Crippen LogP contribution in [-0.2, 0) is 18.3 Å². The van der Waals surface area contributed by atoms with Crippen molar-refractivity contribution in [2.75, 3.05) is 27.3 Å². The maximum absolute atomic E-state index is 13.0. The second kappa shape index (κ2) is 12.2. The normalized spacial score (nSPS) is 12.1. The number of thiophene rings is 1. The molecule has 0 aliphatic heterocycles. The molecule has 1 amide bonds. The smallest absolute Gasteiger partial charge is 0.259 e. The Bertz CT molecular complexity index is 1210. The number of aromatic nitrogens is 1. The monoisotopic (exact) mass is 498 g/mol. The van der Waals surface area contributed by atoms with Crippen molar-refractivity contribution in [2.45, 2.75) is 52.9 Å². The van der Waals surface area contributed by atoms with Gasteiger partial charge in [-0.25, -0.2) is 0 Å². The fraction of sp³-hybridized carbons (Fsp3) is 0.500. The minimum Gasteiger partial charge on any atom is -0.493 e. The Hall–Kier alpha value is -2.80. The van der Waals surface area contributed by atoms with Crippen molar-refractivity contribution in [3.05, 3.63) is 45.7 Å². The summed E-state index contributed by atoms with van der Waals surface area (Å²) in [5.74, 6) is 2.02. The molecule has 1 unspecified atom stereocenters. The van der Waals surface area contributed by atoms with E-state index < -0.39 is 0 Å². The maximum Gasteiger partial charge on any atom is 0.259 e. The van der Waals surface area contributed by atoms with E-state index in [2.05, 4.69) is 19.9 Å². The van der Waals surface area contributed by atoms with Crippen molar-refractivity contribution in [3.63, 3.8) is 0 Å². The number of amides is 1. The van der Waals surface area contributed by atoms with Crippen LogP contribution in [0.15, 0.2) is 35.3 Å². The van der Waals surface area contributed by atoms with Crippen molar-refractivity contribution in [3.8, 4) is 22.6 Å². The van der Waals surface area contributed by atoms with E-state index in [4.69, 9.17) is 9.47 Å². The van der Waals surface area contributed by atoms with Gasteiger partial charge in [-0.3, -0.25) is 9.59 Å². The van der Waals surface area contributed by atoms with Gasteiger partial charge < -0.3 is 18.9 Å². The highest BCUT2D eigenvalue weighted by Gasteiger charge is 2.17. The van der Waals surface area contributed by atoms with Crippen molar-refractivity contribution in [2.24, 2.45) is 13.0 Å². The van der Waals surface area contributed by atoms with E-state index in [9.17, 15) is 9.59 Å². The zero-order valence-corrected chi connectivity index (χ0v) is 22.7. The standard InChI is InChI=1S/C28H38N2O4S/c1-7-13-30(19(3)31)14-9-10-20(8-2)15-22-17-23-27(35-22)24(18-29(4)28(23)32)21-11-12-25(33-5)26(16-21)34-6/h11-12,16-18,20H,7-10,13-15H2,1-6H3. The van der Waals surface area contributed by atoms with E-state index in [1.165, 1.54) is 4.88 Å². The first-order valence-electron chi connectivity index (χ1n) is 12.4. The molecule has 0 bridgehead atoms. The molecule has 1 atom stereocenters. The Kier molecular flexibility index (Phi) is 9.38. The van der Waals surface area contributed by atoms with Crippen LogP contribution in [-0.4, -0.2) is 42.7 Å². The molecule has 0 saturated carbocycles. The van der Waals surface area contributed by atoms with Crippen LogP contribution < -0.4 is 15.0 Å². The molecular weight excluding hydrogens is 460 g/mol. The third-order valence-corrected chi connectivity index (χ3v) is 7.83. The highest BCUT2D eigenvalue weighted by atomic mass is 32.1. The van der Waals surface area contributed by atoms with Gasteiger partial charge in [-0.05, 0) is 55.4 Å². The van der Waals surface area contributed by atoms with Gasteiger partial charge in [0, 0.05) is 48.4 Å². The van der Waals surface area contributed by atoms with Gasteiger partial charge in [0.2, 0.25) is 5.91 Å². The molecule has 0 aliphatic carbocycles. The summed E-state index contributed by atoms with van der Waals surface area (Å²) in [7, 11) is 5.05. The third kappa shape index (κ3) is 6.26. The number of nitrogens with zero attached hydrogens (tertiary/aromatic N) is 2. The lowest BCUT2D eigenvalue weighted by atomic mass is 9.95. The maximum atomic E-state index is 13.0. The first-order chi connectivity index (χ1) is 16.8. The number of carbonyl (C=O) groups excluding carboxylic acids is 1. The van der Waals surface area contributed by atoms with Gasteiger partial charge in [-0.2, -0.15) is 0 Å². The molecule has 7 heteroatoms. The molecular formula is C28H38N2O4S. The number of hydrogen-bond acceptors (Lipinski definition) is 5. The number of carbonyl (C=O) groups is 1. The minimum atomic E-state index is 0.0245. The second-order valence-electron chi connectivity index (χ2n) is 9.11. The van der Waals surface area contributed by atoms with Crippen molar-refractivity contribution < 1.29 is 14.3 Å². The summed E-state index contributed by atoms with van der Waals surface area (Å²) in [6.07, 6.45) is 6.98. The van der Waals surface area contributed by atoms with Gasteiger partial charge in [-0.15, -0.1) is 11.3 Å². The number of rotatable bonds is 12. The molecule has 0 spiro atoms. The Morgan fingerprint density at radius 1 is 1.11 bits per heavy atom. The summed E-state index contributed by atoms with van der Waals surface area (Å²) in [6, 6.07) is 7.94. The molecule has 1 aromatic carbocycles. The summed E-state index contributed by atoms with van der Waals surface area (Å²) >= 11 is 1.71. The fourth-order valence-electron chi connectivity index (χ4n) is 4.61. The predicted molar refractivity (Wildman–Crippen MR) is 145 cm³/mol. The lowest BCUT2D eigenvalue weighted by Gasteiger charge is -2.21. The first kappa shape index (κ1) is 26.8. The Labute approximate surface area is 212 Å². The summed E-state index contributed by atoms with van der Waals surface area (Å²) < 4.78 is 13.6. The highest BCUT2D eigenvalue weighted by molar-refractivity contribution is 7.19. The third-order valence-electron chi connectivity index (χ3n) is 6.64. The summed E-state index contributed by atoms with van der Waals surface area (Å²) in [6.45, 7) is 7.62. The van der Waals surface area contributed by atoms with Crippen molar-refractivity contribution in [1.29, 1.82) is 0 Å². The van der Waals surface area contributed by atoms with Gasteiger partial charge in [0.05, 0.1) is 19.6 Å². The van der Waals surface area contributed by atoms with Crippen molar-refractivity contribution in [1.82, 2.24) is 9.47 Å². The molecule has 35 heavy (non-hydrogen) atoms. The van der Waals surface area contributed by atoms with Crippen molar-refractivity contribution >= 4 is 27.3 Å². The SMILES string of the molecule is CCCN(CCCC(CC)Cc1cc2c(=O)n(C)cc(-c3ccc(OC)c(OC)c3)c2s1)C(C)=O. The lowest BCUT2D eigenvalue weighted by Crippen LogP contribution is -2.30. The van der Waals surface area contributed by atoms with Crippen LogP contribution in [0.5, 0.6) is 11.5 Å². The van der Waals surface area contributed by atoms with Crippen LogP contribution in [0.1, 0.15) is 51.3 Å². The predicted octanol–water partition coefficient (Wildman–Crippen LogP) is 5.89. The molecule has 0 saturated heterocycles. The summed E-state index contributed by atoms with van der Waals surface area (Å²) in [5, 5.41) is 0.764. The van der Waals surface area contributed by atoms with Crippen LogP contribution >= 0.6 is 11.3 Å². The van der Waals surface area contributed by atoms with E-state index in [1.54, 1.807) is 44.1 Å². The average molecular weight is 499 g/mol. The van der Waals surface area contributed by atoms with Gasteiger partial charge >= 0.3 is 0 Å². The number of hydrogen-bond donors (Lipinski definition) is 0. The molecule has 0 aliphatic rings. The molecule has 0 N–H and O–H groups in total. The van der Waals surface area contributed by atoms with Crippen LogP contribution in [0.25, 0.3) is 21.2 Å². The minimum absolute atomic E-state index is 0.0245. The van der Waals surface area contributed by atoms with Gasteiger partial charge in [0.1, 0.15) is 0 Å². The number of ether oxygens (including phenoxy) is 2. The van der Waals surface area contributed by atoms with E-state index in [-0.39, 0.29) is 11.5 Å². The van der Waals surface area contributed by atoms with Gasteiger partial charge in [0.25, 0.3) is 5.56 Å². The summed E-state index contributed by atoms with van der Waals surface area (Å²) in [4.78, 5) is 28.0. The molecule has 3 rings (SSSR count). The number of aryl methyl sites for hydroxylation is 1.